The minimum absolute atomic E-state index is 0.00475. The molecule has 2 aliphatic heterocycles. The molecule has 2 aromatic carbocycles. The third kappa shape index (κ3) is 5.47. The molecule has 2 saturated heterocycles. The summed E-state index contributed by atoms with van der Waals surface area (Å²) in [7, 11) is 0. The second-order valence-corrected chi connectivity index (χ2v) is 11.0. The Bertz CT molecular complexity index is 1880. The van der Waals surface area contributed by atoms with Crippen LogP contribution in [0.25, 0.3) is 22.0 Å². The fourth-order valence-electron chi connectivity index (χ4n) is 5.67. The predicted octanol–water partition coefficient (Wildman–Crippen LogP) is 2.21. The van der Waals surface area contributed by atoms with Crippen LogP contribution in [-0.4, -0.2) is 73.2 Å². The van der Waals surface area contributed by atoms with Gasteiger partial charge in [0.25, 0.3) is 5.91 Å². The number of imide groups is 1. The van der Waals surface area contributed by atoms with Crippen molar-refractivity contribution < 1.29 is 32.8 Å². The standard InChI is InChI=1S/C30H26F2N8O5/c1-15-8-25(41)40(30(15)45)19-3-4-21(32)22(11-19)36-29(44)24-10-18(31)13-38(24)26(42)14-39-23-5-2-16(17-6-7-34-35-12-17)9-20(23)27(37-39)28(33)43/h2-7,9,11-12,15,18,24H,8,10,13-14H2,1H3,(H2,33,43)(H,36,44). The molecule has 2 aliphatic rings. The van der Waals surface area contributed by atoms with Crippen LogP contribution in [0.15, 0.2) is 54.9 Å². The summed E-state index contributed by atoms with van der Waals surface area (Å²) in [6.45, 7) is 0.761. The summed E-state index contributed by atoms with van der Waals surface area (Å²) in [5.41, 5.74) is 7.05. The average Bonchev–Trinajstić information content (AvgIpc) is 3.67. The molecule has 4 aromatic rings. The van der Waals surface area contributed by atoms with E-state index >= 15 is 0 Å². The highest BCUT2D eigenvalue weighted by Crippen LogP contribution is 2.31. The molecule has 0 saturated carbocycles. The third-order valence-corrected chi connectivity index (χ3v) is 7.90. The molecule has 230 valence electrons. The zero-order chi connectivity index (χ0) is 32.0. The first-order valence-electron chi connectivity index (χ1n) is 14.0. The quantitative estimate of drug-likeness (QED) is 0.297. The summed E-state index contributed by atoms with van der Waals surface area (Å²) < 4.78 is 30.6. The predicted molar refractivity (Wildman–Crippen MR) is 156 cm³/mol. The molecule has 13 nitrogen and oxygen atoms in total. The van der Waals surface area contributed by atoms with E-state index in [0.717, 1.165) is 27.5 Å². The van der Waals surface area contributed by atoms with Crippen molar-refractivity contribution in [3.8, 4) is 11.1 Å². The van der Waals surface area contributed by atoms with Gasteiger partial charge >= 0.3 is 0 Å². The lowest BCUT2D eigenvalue weighted by atomic mass is 10.0. The first-order valence-corrected chi connectivity index (χ1v) is 14.0. The number of aromatic nitrogens is 4. The number of hydrogen-bond donors (Lipinski definition) is 2. The number of rotatable bonds is 7. The van der Waals surface area contributed by atoms with Gasteiger partial charge in [0.05, 0.1) is 35.8 Å². The van der Waals surface area contributed by atoms with Gasteiger partial charge in [-0.15, -0.1) is 0 Å². The summed E-state index contributed by atoms with van der Waals surface area (Å²) in [4.78, 5) is 65.7. The number of carbonyl (C=O) groups excluding carboxylic acids is 5. The Morgan fingerprint density at radius 1 is 1.07 bits per heavy atom. The van der Waals surface area contributed by atoms with Crippen LogP contribution < -0.4 is 16.0 Å². The molecule has 15 heteroatoms. The van der Waals surface area contributed by atoms with E-state index in [1.807, 2.05) is 0 Å². The number of nitrogens with two attached hydrogens (primary N) is 1. The van der Waals surface area contributed by atoms with Crippen molar-refractivity contribution in [2.75, 3.05) is 16.8 Å². The van der Waals surface area contributed by atoms with E-state index in [9.17, 15) is 32.8 Å². The number of likely N-dealkylation sites (tertiary alicyclic amines) is 1. The number of nitrogens with one attached hydrogen (secondary N) is 1. The molecule has 3 atom stereocenters. The van der Waals surface area contributed by atoms with E-state index in [-0.39, 0.29) is 29.9 Å². The lowest BCUT2D eigenvalue weighted by Crippen LogP contribution is -2.44. The van der Waals surface area contributed by atoms with Gasteiger partial charge in [-0.25, -0.2) is 8.78 Å². The van der Waals surface area contributed by atoms with Crippen LogP contribution in [0.5, 0.6) is 0 Å². The molecule has 5 amide bonds. The summed E-state index contributed by atoms with van der Waals surface area (Å²) in [5, 5.41) is 14.6. The Hall–Kier alpha value is -5.60. The second-order valence-electron chi connectivity index (χ2n) is 11.0. The summed E-state index contributed by atoms with van der Waals surface area (Å²) >= 11 is 0. The Labute approximate surface area is 254 Å². The van der Waals surface area contributed by atoms with Crippen molar-refractivity contribution >= 4 is 51.8 Å². The summed E-state index contributed by atoms with van der Waals surface area (Å²) in [5.74, 6) is -4.65. The van der Waals surface area contributed by atoms with E-state index in [4.69, 9.17) is 5.73 Å². The van der Waals surface area contributed by atoms with Crippen LogP contribution in [0.2, 0.25) is 0 Å². The Morgan fingerprint density at radius 3 is 2.56 bits per heavy atom. The van der Waals surface area contributed by atoms with E-state index in [1.54, 1.807) is 37.4 Å². The summed E-state index contributed by atoms with van der Waals surface area (Å²) in [6, 6.07) is 8.89. The highest BCUT2D eigenvalue weighted by Gasteiger charge is 2.41. The van der Waals surface area contributed by atoms with E-state index < -0.39 is 66.6 Å². The largest absolute Gasteiger partial charge is 0.364 e. The monoisotopic (exact) mass is 616 g/mol. The van der Waals surface area contributed by atoms with Gasteiger partial charge in [0.1, 0.15) is 24.6 Å². The molecule has 0 radical (unpaired) electrons. The van der Waals surface area contributed by atoms with Crippen LogP contribution in [0.1, 0.15) is 30.3 Å². The number of primary amides is 1. The van der Waals surface area contributed by atoms with Gasteiger partial charge in [-0.05, 0) is 42.0 Å². The molecule has 3 unspecified atom stereocenters. The normalized spacial score (nSPS) is 19.8. The topological polar surface area (TPSA) is 173 Å². The third-order valence-electron chi connectivity index (χ3n) is 7.90. The van der Waals surface area contributed by atoms with Crippen molar-refractivity contribution in [2.45, 2.75) is 38.5 Å². The van der Waals surface area contributed by atoms with Gasteiger partial charge in [-0.1, -0.05) is 13.0 Å². The number of halogens is 2. The van der Waals surface area contributed by atoms with Gasteiger partial charge in [0, 0.05) is 29.7 Å². The van der Waals surface area contributed by atoms with Crippen molar-refractivity contribution in [1.29, 1.82) is 0 Å². The fourth-order valence-corrected chi connectivity index (χ4v) is 5.67. The highest BCUT2D eigenvalue weighted by atomic mass is 19.1. The van der Waals surface area contributed by atoms with E-state index in [0.29, 0.717) is 16.5 Å². The maximum absolute atomic E-state index is 14.7. The molecular formula is C30H26F2N8O5. The number of amides is 5. The van der Waals surface area contributed by atoms with Crippen molar-refractivity contribution in [3.05, 3.63) is 66.4 Å². The molecule has 3 N–H and O–H groups in total. The molecule has 2 fully saturated rings. The number of hydrogen-bond acceptors (Lipinski definition) is 8. The number of carbonyl (C=O) groups is 5. The molecule has 6 rings (SSSR count). The molecule has 45 heavy (non-hydrogen) atoms. The van der Waals surface area contributed by atoms with Gasteiger partial charge in [0.15, 0.2) is 5.69 Å². The smallest absolute Gasteiger partial charge is 0.269 e. The zero-order valence-electron chi connectivity index (χ0n) is 23.8. The van der Waals surface area contributed by atoms with Crippen LogP contribution in [-0.2, 0) is 25.7 Å². The van der Waals surface area contributed by atoms with Crippen molar-refractivity contribution in [1.82, 2.24) is 24.9 Å². The van der Waals surface area contributed by atoms with Crippen molar-refractivity contribution in [2.24, 2.45) is 11.7 Å². The van der Waals surface area contributed by atoms with Gasteiger partial charge in [-0.3, -0.25) is 33.6 Å². The molecule has 0 aliphatic carbocycles. The number of benzene rings is 2. The van der Waals surface area contributed by atoms with Crippen molar-refractivity contribution in [3.63, 3.8) is 0 Å². The number of anilines is 2. The molecular weight excluding hydrogens is 590 g/mol. The lowest BCUT2D eigenvalue weighted by molar-refractivity contribution is -0.137. The van der Waals surface area contributed by atoms with Crippen LogP contribution in [0, 0.1) is 11.7 Å². The summed E-state index contributed by atoms with van der Waals surface area (Å²) in [6.07, 6.45) is 1.19. The van der Waals surface area contributed by atoms with E-state index in [2.05, 4.69) is 20.6 Å². The molecule has 0 bridgehead atoms. The Morgan fingerprint density at radius 2 is 1.87 bits per heavy atom. The van der Waals surface area contributed by atoms with Gasteiger partial charge in [0.2, 0.25) is 23.6 Å². The second kappa shape index (κ2) is 11.5. The first-order chi connectivity index (χ1) is 21.5. The number of alkyl halides is 1. The highest BCUT2D eigenvalue weighted by molar-refractivity contribution is 6.21. The van der Waals surface area contributed by atoms with Gasteiger partial charge < -0.3 is 16.0 Å². The van der Waals surface area contributed by atoms with Crippen LogP contribution in [0.4, 0.5) is 20.2 Å². The maximum atomic E-state index is 14.7. The molecule has 2 aromatic heterocycles. The minimum Gasteiger partial charge on any atom is -0.364 e. The molecule has 4 heterocycles. The Balaban J connectivity index is 1.23. The maximum Gasteiger partial charge on any atom is 0.269 e. The minimum atomic E-state index is -1.53. The fraction of sp³-hybridized carbons (Fsp3) is 0.267. The SMILES string of the molecule is CC1CC(=O)N(c2ccc(F)c(NC(=O)C3CC(F)CN3C(=O)Cn3nc(C(N)=O)c4cc(-c5ccnnc5)ccc43)c2)C1=O. The van der Waals surface area contributed by atoms with E-state index in [1.165, 1.54) is 16.9 Å². The average molecular weight is 617 g/mol. The number of fused-ring (bicyclic) bond motifs is 1. The number of nitrogens with zero attached hydrogens (tertiary/aromatic N) is 6. The molecule has 0 spiro atoms. The van der Waals surface area contributed by atoms with Crippen LogP contribution >= 0.6 is 0 Å². The first kappa shape index (κ1) is 29.5. The van der Waals surface area contributed by atoms with Gasteiger partial charge in [-0.2, -0.15) is 15.3 Å². The zero-order valence-corrected chi connectivity index (χ0v) is 23.8. The lowest BCUT2D eigenvalue weighted by Gasteiger charge is -2.24. The van der Waals surface area contributed by atoms with Crippen LogP contribution in [0.3, 0.4) is 0 Å². The Kier molecular flexibility index (Phi) is 7.52.